The molecule has 0 saturated carbocycles. The fraction of sp³-hybridized carbons (Fsp3) is 0.0714. The topological polar surface area (TPSA) is 41.1 Å². The lowest BCUT2D eigenvalue weighted by Gasteiger charge is -2.12. The molecule has 154 valence electrons. The second kappa shape index (κ2) is 8.00. The van der Waals surface area contributed by atoms with Crippen molar-refractivity contribution in [3.05, 3.63) is 106 Å². The highest BCUT2D eigenvalue weighted by molar-refractivity contribution is 6.30. The van der Waals surface area contributed by atoms with Crippen molar-refractivity contribution in [3.8, 4) is 17.3 Å². The van der Waals surface area contributed by atoms with Crippen LogP contribution in [0.3, 0.4) is 0 Å². The molecule has 3 nitrogen and oxygen atoms in total. The number of hydrogen-bond acceptors (Lipinski definition) is 2. The first kappa shape index (κ1) is 20.1. The monoisotopic (exact) mass is 433 g/mol. The van der Waals surface area contributed by atoms with Crippen LogP contribution in [0.4, 0.5) is 0 Å². The number of fused-ring (bicyclic) bond motifs is 3. The van der Waals surface area contributed by atoms with E-state index in [1.807, 2.05) is 60.7 Å². The molecule has 0 bridgehead atoms. The molecule has 5 aromatic rings. The number of rotatable bonds is 3. The Labute approximate surface area is 191 Å². The number of aromatic nitrogens is 2. The van der Waals surface area contributed by atoms with E-state index in [-0.39, 0.29) is 0 Å². The van der Waals surface area contributed by atoms with Crippen molar-refractivity contribution >= 4 is 40.4 Å². The predicted molar refractivity (Wildman–Crippen MR) is 133 cm³/mol. The van der Waals surface area contributed by atoms with Crippen LogP contribution in [0.2, 0.25) is 5.02 Å². The van der Waals surface area contributed by atoms with Gasteiger partial charge in [0.05, 0.1) is 16.7 Å². The number of aryl methyl sites for hydroxylation is 2. The molecule has 4 heteroatoms. The minimum Gasteiger partial charge on any atom is -0.291 e. The number of nitrogens with zero attached hydrogens (tertiary/aromatic N) is 3. The van der Waals surface area contributed by atoms with Gasteiger partial charge in [-0.1, -0.05) is 65.2 Å². The zero-order valence-corrected chi connectivity index (χ0v) is 18.6. The molecule has 0 spiro atoms. The zero-order chi connectivity index (χ0) is 22.2. The third-order valence-corrected chi connectivity index (χ3v) is 5.77. The fourth-order valence-corrected chi connectivity index (χ4v) is 4.43. The zero-order valence-electron chi connectivity index (χ0n) is 17.8. The van der Waals surface area contributed by atoms with Gasteiger partial charge in [-0.3, -0.25) is 4.40 Å². The Kier molecular flexibility index (Phi) is 5.01. The van der Waals surface area contributed by atoms with Gasteiger partial charge in [-0.05, 0) is 73.0 Å². The molecule has 0 N–H and O–H groups in total. The second-order valence-electron chi connectivity index (χ2n) is 8.00. The van der Waals surface area contributed by atoms with Gasteiger partial charge in [-0.15, -0.1) is 0 Å². The molecule has 0 aliphatic carbocycles. The van der Waals surface area contributed by atoms with Crippen LogP contribution < -0.4 is 0 Å². The molecular weight excluding hydrogens is 414 g/mol. The Hall–Kier alpha value is -3.87. The molecule has 2 heterocycles. The van der Waals surface area contributed by atoms with Gasteiger partial charge in [-0.2, -0.15) is 5.26 Å². The standard InChI is InChI=1S/C28H20ClN3/c1-18-12-19(2)14-22(13-18)27-16-21(11-10-20-6-5-7-23(29)15-20)24(17-30)28-31-25-8-3-4-9-26(25)32(27)28/h3-16H,1-2H3. The molecule has 32 heavy (non-hydrogen) atoms. The van der Waals surface area contributed by atoms with Crippen molar-refractivity contribution in [1.29, 1.82) is 5.26 Å². The van der Waals surface area contributed by atoms with Crippen LogP contribution in [-0.4, -0.2) is 9.38 Å². The van der Waals surface area contributed by atoms with Crippen LogP contribution in [-0.2, 0) is 0 Å². The molecule has 0 saturated heterocycles. The van der Waals surface area contributed by atoms with E-state index < -0.39 is 0 Å². The van der Waals surface area contributed by atoms with E-state index in [4.69, 9.17) is 16.6 Å². The maximum atomic E-state index is 10.1. The quantitative estimate of drug-likeness (QED) is 0.296. The Morgan fingerprint density at radius 3 is 2.44 bits per heavy atom. The average Bonchev–Trinajstić information content (AvgIpc) is 3.15. The van der Waals surface area contributed by atoms with Crippen molar-refractivity contribution in [1.82, 2.24) is 9.38 Å². The van der Waals surface area contributed by atoms with Gasteiger partial charge in [0, 0.05) is 5.02 Å². The first-order valence-corrected chi connectivity index (χ1v) is 10.8. The van der Waals surface area contributed by atoms with E-state index in [9.17, 15) is 5.26 Å². The first-order chi connectivity index (χ1) is 15.5. The van der Waals surface area contributed by atoms with E-state index in [1.165, 1.54) is 11.1 Å². The van der Waals surface area contributed by atoms with Crippen LogP contribution in [0.15, 0.2) is 72.8 Å². The van der Waals surface area contributed by atoms with E-state index in [0.717, 1.165) is 33.4 Å². The molecule has 3 aromatic carbocycles. The third-order valence-electron chi connectivity index (χ3n) is 5.54. The van der Waals surface area contributed by atoms with Gasteiger partial charge in [-0.25, -0.2) is 4.98 Å². The lowest BCUT2D eigenvalue weighted by molar-refractivity contribution is 1.21. The molecule has 0 radical (unpaired) electrons. The van der Waals surface area contributed by atoms with Crippen LogP contribution in [0, 0.1) is 25.2 Å². The van der Waals surface area contributed by atoms with E-state index in [0.29, 0.717) is 16.2 Å². The van der Waals surface area contributed by atoms with E-state index >= 15 is 0 Å². The molecule has 0 aliphatic rings. The number of halogens is 1. The number of imidazole rings is 1. The van der Waals surface area contributed by atoms with Crippen LogP contribution >= 0.6 is 11.6 Å². The lowest BCUT2D eigenvalue weighted by Crippen LogP contribution is -1.98. The minimum atomic E-state index is 0.549. The molecule has 0 unspecified atom stereocenters. The maximum Gasteiger partial charge on any atom is 0.157 e. The number of para-hydroxylation sites is 2. The summed E-state index contributed by atoms with van der Waals surface area (Å²) in [5.74, 6) is 0. The summed E-state index contributed by atoms with van der Waals surface area (Å²) < 4.78 is 2.10. The largest absolute Gasteiger partial charge is 0.291 e. The van der Waals surface area contributed by atoms with Crippen LogP contribution in [0.5, 0.6) is 0 Å². The van der Waals surface area contributed by atoms with Crippen molar-refractivity contribution in [2.45, 2.75) is 13.8 Å². The number of hydrogen-bond donors (Lipinski definition) is 0. The molecule has 0 amide bonds. The first-order valence-electron chi connectivity index (χ1n) is 10.4. The van der Waals surface area contributed by atoms with Gasteiger partial charge >= 0.3 is 0 Å². The van der Waals surface area contributed by atoms with Crippen molar-refractivity contribution < 1.29 is 0 Å². The number of pyridine rings is 1. The average molecular weight is 434 g/mol. The van der Waals surface area contributed by atoms with Gasteiger partial charge in [0.15, 0.2) is 5.65 Å². The van der Waals surface area contributed by atoms with Crippen LogP contribution in [0.25, 0.3) is 40.1 Å². The van der Waals surface area contributed by atoms with Gasteiger partial charge in [0.1, 0.15) is 11.6 Å². The van der Waals surface area contributed by atoms with Crippen molar-refractivity contribution in [2.75, 3.05) is 0 Å². The highest BCUT2D eigenvalue weighted by Crippen LogP contribution is 2.32. The smallest absolute Gasteiger partial charge is 0.157 e. The summed E-state index contributed by atoms with van der Waals surface area (Å²) in [4.78, 5) is 4.83. The van der Waals surface area contributed by atoms with E-state index in [2.05, 4.69) is 48.6 Å². The summed E-state index contributed by atoms with van der Waals surface area (Å²) in [6.45, 7) is 4.20. The van der Waals surface area contributed by atoms with Gasteiger partial charge in [0.2, 0.25) is 0 Å². The SMILES string of the molecule is Cc1cc(C)cc(-c2cc(C=Cc3cccc(Cl)c3)c(C#N)c3nc4ccccc4n23)c1. The maximum absolute atomic E-state index is 10.1. The van der Waals surface area contributed by atoms with Gasteiger partial charge in [0.25, 0.3) is 0 Å². The molecule has 2 aromatic heterocycles. The fourth-order valence-electron chi connectivity index (χ4n) is 4.23. The summed E-state index contributed by atoms with van der Waals surface area (Å²) in [7, 11) is 0. The molecule has 5 rings (SSSR count). The highest BCUT2D eigenvalue weighted by atomic mass is 35.5. The summed E-state index contributed by atoms with van der Waals surface area (Å²) in [5.41, 5.74) is 9.35. The summed E-state index contributed by atoms with van der Waals surface area (Å²) in [5, 5.41) is 10.8. The molecule has 0 aliphatic heterocycles. The number of benzene rings is 3. The van der Waals surface area contributed by atoms with Crippen molar-refractivity contribution in [3.63, 3.8) is 0 Å². The molecule has 0 fully saturated rings. The minimum absolute atomic E-state index is 0.549. The van der Waals surface area contributed by atoms with E-state index in [1.54, 1.807) is 0 Å². The Bertz CT molecular complexity index is 1550. The number of nitriles is 1. The third kappa shape index (κ3) is 3.56. The lowest BCUT2D eigenvalue weighted by atomic mass is 10.0. The Morgan fingerprint density at radius 2 is 1.69 bits per heavy atom. The highest BCUT2D eigenvalue weighted by Gasteiger charge is 2.17. The van der Waals surface area contributed by atoms with Gasteiger partial charge < -0.3 is 0 Å². The second-order valence-corrected chi connectivity index (χ2v) is 8.43. The summed E-state index contributed by atoms with van der Waals surface area (Å²) in [6.07, 6.45) is 3.95. The van der Waals surface area contributed by atoms with Crippen molar-refractivity contribution in [2.24, 2.45) is 0 Å². The normalized spacial score (nSPS) is 11.4. The summed E-state index contributed by atoms with van der Waals surface area (Å²) >= 11 is 6.14. The predicted octanol–water partition coefficient (Wildman–Crippen LogP) is 7.47. The molecule has 0 atom stereocenters. The Morgan fingerprint density at radius 1 is 0.906 bits per heavy atom. The molecular formula is C28H20ClN3. The van der Waals surface area contributed by atoms with Crippen LogP contribution in [0.1, 0.15) is 27.8 Å². The Balaban J connectivity index is 1.83. The summed E-state index contributed by atoms with van der Waals surface area (Å²) in [6, 6.07) is 26.6.